The van der Waals surface area contributed by atoms with E-state index >= 15 is 0 Å². The first-order valence-electron chi connectivity index (χ1n) is 6.44. The van der Waals surface area contributed by atoms with Gasteiger partial charge < -0.3 is 9.72 Å². The highest BCUT2D eigenvalue weighted by Gasteiger charge is 2.12. The maximum atomic E-state index is 11.9. The summed E-state index contributed by atoms with van der Waals surface area (Å²) < 4.78 is 31.7. The maximum absolute atomic E-state index is 11.9. The number of aromatic amines is 1. The summed E-state index contributed by atoms with van der Waals surface area (Å²) in [6.45, 7) is 0.673. The first kappa shape index (κ1) is 15.3. The monoisotopic (exact) mass is 308 g/mol. The van der Waals surface area contributed by atoms with Gasteiger partial charge in [0.05, 0.1) is 11.5 Å². The average molecular weight is 308 g/mol. The molecule has 0 saturated heterocycles. The number of aromatic nitrogens is 1. The molecule has 7 heteroatoms. The molecule has 1 heterocycles. The van der Waals surface area contributed by atoms with E-state index in [4.69, 9.17) is 4.74 Å². The van der Waals surface area contributed by atoms with Gasteiger partial charge in [-0.2, -0.15) is 0 Å². The minimum absolute atomic E-state index is 0.0334. The van der Waals surface area contributed by atoms with E-state index < -0.39 is 10.0 Å². The second kappa shape index (κ2) is 7.05. The summed E-state index contributed by atoms with van der Waals surface area (Å²) in [5.41, 5.74) is -0.342. The SMILES string of the molecule is O=c1ccc(S(=O)(=O)NCCCOc2ccccc2)c[nH]1. The van der Waals surface area contributed by atoms with Crippen molar-refractivity contribution in [1.82, 2.24) is 9.71 Å². The van der Waals surface area contributed by atoms with Crippen molar-refractivity contribution in [2.75, 3.05) is 13.2 Å². The van der Waals surface area contributed by atoms with E-state index in [0.29, 0.717) is 13.0 Å². The van der Waals surface area contributed by atoms with Gasteiger partial charge in [-0.05, 0) is 24.6 Å². The number of hydrogen-bond donors (Lipinski definition) is 2. The molecule has 0 unspecified atom stereocenters. The van der Waals surface area contributed by atoms with Crippen LogP contribution in [0.25, 0.3) is 0 Å². The van der Waals surface area contributed by atoms with Crippen LogP contribution < -0.4 is 15.0 Å². The van der Waals surface area contributed by atoms with E-state index in [1.807, 2.05) is 30.3 Å². The van der Waals surface area contributed by atoms with Gasteiger partial charge in [-0.25, -0.2) is 13.1 Å². The van der Waals surface area contributed by atoms with Gasteiger partial charge in [0.2, 0.25) is 15.6 Å². The summed E-state index contributed by atoms with van der Waals surface area (Å²) in [7, 11) is -3.60. The predicted octanol–water partition coefficient (Wildman–Crippen LogP) is 1.12. The number of ether oxygens (including phenoxy) is 1. The van der Waals surface area contributed by atoms with Crippen LogP contribution in [0.1, 0.15) is 6.42 Å². The maximum Gasteiger partial charge on any atom is 0.247 e. The minimum Gasteiger partial charge on any atom is -0.494 e. The molecule has 0 atom stereocenters. The minimum atomic E-state index is -3.60. The predicted molar refractivity (Wildman–Crippen MR) is 78.8 cm³/mol. The summed E-state index contributed by atoms with van der Waals surface area (Å²) in [6.07, 6.45) is 1.71. The molecular weight excluding hydrogens is 292 g/mol. The molecule has 2 rings (SSSR count). The molecule has 0 bridgehead atoms. The fraction of sp³-hybridized carbons (Fsp3) is 0.214. The number of para-hydroxylation sites is 1. The Morgan fingerprint density at radius 3 is 2.52 bits per heavy atom. The lowest BCUT2D eigenvalue weighted by atomic mass is 10.3. The summed E-state index contributed by atoms with van der Waals surface area (Å²) in [4.78, 5) is 13.3. The van der Waals surface area contributed by atoms with Crippen molar-refractivity contribution < 1.29 is 13.2 Å². The smallest absolute Gasteiger partial charge is 0.247 e. The highest BCUT2D eigenvalue weighted by molar-refractivity contribution is 7.89. The van der Waals surface area contributed by atoms with Gasteiger partial charge >= 0.3 is 0 Å². The molecule has 1 aromatic heterocycles. The highest BCUT2D eigenvalue weighted by Crippen LogP contribution is 2.08. The zero-order valence-corrected chi connectivity index (χ0v) is 12.1. The number of rotatable bonds is 7. The van der Waals surface area contributed by atoms with Gasteiger partial charge in [-0.3, -0.25) is 4.79 Å². The van der Waals surface area contributed by atoms with Crippen LogP contribution in [-0.2, 0) is 10.0 Å². The molecule has 0 radical (unpaired) electrons. The van der Waals surface area contributed by atoms with Gasteiger partial charge in [0.1, 0.15) is 5.75 Å². The molecule has 2 N–H and O–H groups in total. The third kappa shape index (κ3) is 4.73. The molecule has 0 saturated carbocycles. The van der Waals surface area contributed by atoms with Crippen LogP contribution in [-0.4, -0.2) is 26.6 Å². The average Bonchev–Trinajstić information content (AvgIpc) is 2.48. The third-order valence-corrected chi connectivity index (χ3v) is 4.15. The third-order valence-electron chi connectivity index (χ3n) is 2.69. The molecule has 0 aliphatic heterocycles. The van der Waals surface area contributed by atoms with Crippen molar-refractivity contribution in [1.29, 1.82) is 0 Å². The first-order chi connectivity index (χ1) is 10.1. The van der Waals surface area contributed by atoms with E-state index in [9.17, 15) is 13.2 Å². The molecule has 6 nitrogen and oxygen atoms in total. The molecule has 2 aromatic rings. The van der Waals surface area contributed by atoms with Crippen LogP contribution in [0.4, 0.5) is 0 Å². The number of sulfonamides is 1. The lowest BCUT2D eigenvalue weighted by molar-refractivity contribution is 0.311. The topological polar surface area (TPSA) is 88.3 Å². The number of nitrogens with one attached hydrogen (secondary N) is 2. The molecule has 112 valence electrons. The number of benzene rings is 1. The molecule has 0 aliphatic rings. The van der Waals surface area contributed by atoms with Gasteiger partial charge in [-0.1, -0.05) is 18.2 Å². The summed E-state index contributed by atoms with van der Waals surface area (Å²) >= 11 is 0. The second-order valence-corrected chi connectivity index (χ2v) is 6.07. The normalized spacial score (nSPS) is 11.2. The number of H-pyrrole nitrogens is 1. The van der Waals surface area contributed by atoms with Crippen LogP contribution in [0.2, 0.25) is 0 Å². The molecule has 0 aliphatic carbocycles. The zero-order chi connectivity index (χ0) is 15.1. The molecule has 0 spiro atoms. The first-order valence-corrected chi connectivity index (χ1v) is 7.92. The quantitative estimate of drug-likeness (QED) is 0.750. The Bertz CT molecular complexity index is 706. The van der Waals surface area contributed by atoms with Gasteiger partial charge in [0.15, 0.2) is 0 Å². The molecular formula is C14H16N2O4S. The summed E-state index contributed by atoms with van der Waals surface area (Å²) in [6, 6.07) is 11.7. The number of pyridine rings is 1. The Kier molecular flexibility index (Phi) is 5.13. The summed E-state index contributed by atoms with van der Waals surface area (Å²) in [5.74, 6) is 0.751. The van der Waals surface area contributed by atoms with Crippen LogP contribution in [0.5, 0.6) is 5.75 Å². The molecule has 1 aromatic carbocycles. The van der Waals surface area contributed by atoms with Crippen molar-refractivity contribution >= 4 is 10.0 Å². The Balaban J connectivity index is 1.77. The Labute approximate surface area is 122 Å². The fourth-order valence-corrected chi connectivity index (χ4v) is 2.67. The Morgan fingerprint density at radius 1 is 1.10 bits per heavy atom. The van der Waals surface area contributed by atoms with Crippen molar-refractivity contribution in [3.8, 4) is 5.75 Å². The van der Waals surface area contributed by atoms with Crippen molar-refractivity contribution in [2.24, 2.45) is 0 Å². The second-order valence-electron chi connectivity index (χ2n) is 4.30. The van der Waals surface area contributed by atoms with Crippen LogP contribution in [0.15, 0.2) is 58.4 Å². The summed E-state index contributed by atoms with van der Waals surface area (Å²) in [5, 5.41) is 0. The van der Waals surface area contributed by atoms with Crippen molar-refractivity contribution in [3.05, 3.63) is 59.0 Å². The van der Waals surface area contributed by atoms with Gasteiger partial charge in [0, 0.05) is 18.8 Å². The van der Waals surface area contributed by atoms with E-state index in [-0.39, 0.29) is 17.0 Å². The highest BCUT2D eigenvalue weighted by atomic mass is 32.2. The Morgan fingerprint density at radius 2 is 1.86 bits per heavy atom. The van der Waals surface area contributed by atoms with Crippen LogP contribution in [0.3, 0.4) is 0 Å². The molecule has 0 fully saturated rings. The van der Waals surface area contributed by atoms with Crippen molar-refractivity contribution in [3.63, 3.8) is 0 Å². The van der Waals surface area contributed by atoms with E-state index in [2.05, 4.69) is 9.71 Å². The fourth-order valence-electron chi connectivity index (χ4n) is 1.63. The molecule has 21 heavy (non-hydrogen) atoms. The zero-order valence-electron chi connectivity index (χ0n) is 11.3. The van der Waals surface area contributed by atoms with E-state index in [1.165, 1.54) is 18.3 Å². The van der Waals surface area contributed by atoms with Gasteiger partial charge in [0.25, 0.3) is 0 Å². The van der Waals surface area contributed by atoms with Crippen LogP contribution in [0, 0.1) is 0 Å². The van der Waals surface area contributed by atoms with Gasteiger partial charge in [-0.15, -0.1) is 0 Å². The lowest BCUT2D eigenvalue weighted by Gasteiger charge is -2.08. The van der Waals surface area contributed by atoms with E-state index in [0.717, 1.165) is 5.75 Å². The number of hydrogen-bond acceptors (Lipinski definition) is 4. The lowest BCUT2D eigenvalue weighted by Crippen LogP contribution is -2.26. The largest absolute Gasteiger partial charge is 0.494 e. The van der Waals surface area contributed by atoms with Crippen LogP contribution >= 0.6 is 0 Å². The Hall–Kier alpha value is -2.12. The standard InChI is InChI=1S/C14H16N2O4S/c17-14-8-7-13(11-15-14)21(18,19)16-9-4-10-20-12-5-2-1-3-6-12/h1-3,5-8,11,16H,4,9-10H2,(H,15,17). The van der Waals surface area contributed by atoms with Crippen molar-refractivity contribution in [2.45, 2.75) is 11.3 Å². The van der Waals surface area contributed by atoms with E-state index in [1.54, 1.807) is 0 Å². The molecule has 0 amide bonds.